The van der Waals surface area contributed by atoms with Crippen molar-refractivity contribution in [1.29, 1.82) is 5.26 Å². The molecule has 0 saturated carbocycles. The Kier molecular flexibility index (Phi) is 5.29. The zero-order valence-corrected chi connectivity index (χ0v) is 11.7. The standard InChI is InChI=1S/C12H21N3OS/c1-14(2)11(16)4-7-15-8-5-12(10-13,17-3)6-9-15/h4-9H2,1-3H3. The summed E-state index contributed by atoms with van der Waals surface area (Å²) in [6.07, 6.45) is 4.39. The van der Waals surface area contributed by atoms with Crippen LogP contribution in [0.2, 0.25) is 0 Å². The molecule has 1 saturated heterocycles. The summed E-state index contributed by atoms with van der Waals surface area (Å²) in [5.74, 6) is 0.173. The lowest BCUT2D eigenvalue weighted by molar-refractivity contribution is -0.129. The van der Waals surface area contributed by atoms with Crippen LogP contribution in [0.5, 0.6) is 0 Å². The third-order valence-corrected chi connectivity index (χ3v) is 4.68. The minimum absolute atomic E-state index is 0.173. The first kappa shape index (κ1) is 14.3. The molecule has 0 aliphatic carbocycles. The highest BCUT2D eigenvalue weighted by molar-refractivity contribution is 8.00. The number of rotatable bonds is 4. The normalized spacial score (nSPS) is 19.6. The second-order valence-electron chi connectivity index (χ2n) is 4.69. The van der Waals surface area contributed by atoms with Gasteiger partial charge in [-0.1, -0.05) is 0 Å². The molecule has 1 aliphatic rings. The van der Waals surface area contributed by atoms with E-state index in [1.807, 2.05) is 6.26 Å². The molecule has 1 heterocycles. The fourth-order valence-electron chi connectivity index (χ4n) is 1.98. The van der Waals surface area contributed by atoms with E-state index in [1.54, 1.807) is 30.8 Å². The molecule has 0 atom stereocenters. The predicted molar refractivity (Wildman–Crippen MR) is 70.8 cm³/mol. The van der Waals surface area contributed by atoms with E-state index in [0.717, 1.165) is 32.5 Å². The van der Waals surface area contributed by atoms with Gasteiger partial charge in [-0.2, -0.15) is 5.26 Å². The molecule has 96 valence electrons. The van der Waals surface area contributed by atoms with Crippen molar-refractivity contribution < 1.29 is 4.79 Å². The highest BCUT2D eigenvalue weighted by Gasteiger charge is 2.33. The van der Waals surface area contributed by atoms with E-state index >= 15 is 0 Å². The summed E-state index contributed by atoms with van der Waals surface area (Å²) in [4.78, 5) is 15.4. The first-order chi connectivity index (χ1) is 8.03. The number of thioether (sulfide) groups is 1. The minimum Gasteiger partial charge on any atom is -0.349 e. The SMILES string of the molecule is CSC1(C#N)CCN(CCC(=O)N(C)C)CC1. The molecule has 0 aromatic carbocycles. The monoisotopic (exact) mass is 255 g/mol. The van der Waals surface area contributed by atoms with Crippen molar-refractivity contribution in [2.45, 2.75) is 24.0 Å². The molecule has 0 aromatic heterocycles. The van der Waals surface area contributed by atoms with Crippen molar-refractivity contribution in [3.05, 3.63) is 0 Å². The number of likely N-dealkylation sites (tertiary alicyclic amines) is 1. The summed E-state index contributed by atoms with van der Waals surface area (Å²) >= 11 is 1.66. The van der Waals surface area contributed by atoms with Crippen molar-refractivity contribution in [2.24, 2.45) is 0 Å². The van der Waals surface area contributed by atoms with Crippen molar-refractivity contribution in [2.75, 3.05) is 40.0 Å². The summed E-state index contributed by atoms with van der Waals surface area (Å²) in [5.41, 5.74) is 0. The molecule has 1 fully saturated rings. The van der Waals surface area contributed by atoms with Crippen LogP contribution >= 0.6 is 11.8 Å². The third kappa shape index (κ3) is 3.90. The van der Waals surface area contributed by atoms with Gasteiger partial charge in [0.05, 0.1) is 6.07 Å². The van der Waals surface area contributed by atoms with Gasteiger partial charge >= 0.3 is 0 Å². The Labute approximate surface area is 108 Å². The zero-order chi connectivity index (χ0) is 12.9. The average molecular weight is 255 g/mol. The van der Waals surface area contributed by atoms with Crippen LogP contribution in [0.15, 0.2) is 0 Å². The van der Waals surface area contributed by atoms with Crippen LogP contribution in [0.1, 0.15) is 19.3 Å². The van der Waals surface area contributed by atoms with Gasteiger partial charge in [0.1, 0.15) is 4.75 Å². The van der Waals surface area contributed by atoms with Crippen LogP contribution in [0.4, 0.5) is 0 Å². The minimum atomic E-state index is -0.192. The van der Waals surface area contributed by atoms with Crippen LogP contribution in [0.3, 0.4) is 0 Å². The molecule has 17 heavy (non-hydrogen) atoms. The molecular weight excluding hydrogens is 234 g/mol. The van der Waals surface area contributed by atoms with Gasteiger partial charge in [-0.25, -0.2) is 0 Å². The van der Waals surface area contributed by atoms with E-state index in [9.17, 15) is 4.79 Å². The van der Waals surface area contributed by atoms with Gasteiger partial charge in [0.25, 0.3) is 0 Å². The van der Waals surface area contributed by atoms with Gasteiger partial charge < -0.3 is 9.80 Å². The van der Waals surface area contributed by atoms with Crippen molar-refractivity contribution in [1.82, 2.24) is 9.80 Å². The maximum absolute atomic E-state index is 11.5. The largest absolute Gasteiger partial charge is 0.349 e. The van der Waals surface area contributed by atoms with E-state index < -0.39 is 0 Å². The van der Waals surface area contributed by atoms with Gasteiger partial charge in [0.2, 0.25) is 5.91 Å². The van der Waals surface area contributed by atoms with Crippen molar-refractivity contribution >= 4 is 17.7 Å². The number of hydrogen-bond donors (Lipinski definition) is 0. The second kappa shape index (κ2) is 6.27. The number of amides is 1. The van der Waals surface area contributed by atoms with E-state index in [1.165, 1.54) is 0 Å². The Balaban J connectivity index is 2.33. The van der Waals surface area contributed by atoms with Gasteiger partial charge in [-0.3, -0.25) is 4.79 Å². The topological polar surface area (TPSA) is 47.3 Å². The molecule has 0 unspecified atom stereocenters. The summed E-state index contributed by atoms with van der Waals surface area (Å²) in [6, 6.07) is 2.43. The van der Waals surface area contributed by atoms with Gasteiger partial charge in [-0.05, 0) is 19.1 Å². The lowest BCUT2D eigenvalue weighted by Gasteiger charge is -2.36. The highest BCUT2D eigenvalue weighted by Crippen LogP contribution is 2.33. The molecule has 5 heteroatoms. The quantitative estimate of drug-likeness (QED) is 0.757. The third-order valence-electron chi connectivity index (χ3n) is 3.40. The highest BCUT2D eigenvalue weighted by atomic mass is 32.2. The van der Waals surface area contributed by atoms with Gasteiger partial charge in [0, 0.05) is 40.2 Å². The summed E-state index contributed by atoms with van der Waals surface area (Å²) in [5, 5.41) is 9.17. The zero-order valence-electron chi connectivity index (χ0n) is 10.9. The molecule has 0 N–H and O–H groups in total. The number of piperidine rings is 1. The Morgan fingerprint density at radius 3 is 2.47 bits per heavy atom. The number of nitriles is 1. The first-order valence-electron chi connectivity index (χ1n) is 5.92. The van der Waals surface area contributed by atoms with Crippen molar-refractivity contribution in [3.63, 3.8) is 0 Å². The second-order valence-corrected chi connectivity index (χ2v) is 5.88. The fraction of sp³-hybridized carbons (Fsp3) is 0.833. The van der Waals surface area contributed by atoms with Gasteiger partial charge in [-0.15, -0.1) is 11.8 Å². The Hall–Kier alpha value is -0.730. The van der Waals surface area contributed by atoms with Crippen LogP contribution in [-0.4, -0.2) is 60.4 Å². The van der Waals surface area contributed by atoms with E-state index in [-0.39, 0.29) is 10.7 Å². The number of carbonyl (C=O) groups is 1. The summed E-state index contributed by atoms with van der Waals surface area (Å²) < 4.78 is -0.192. The lowest BCUT2D eigenvalue weighted by Crippen LogP contribution is -2.42. The maximum atomic E-state index is 11.5. The molecule has 4 nitrogen and oxygen atoms in total. The summed E-state index contributed by atoms with van der Waals surface area (Å²) in [7, 11) is 3.57. The average Bonchev–Trinajstić information content (AvgIpc) is 2.36. The van der Waals surface area contributed by atoms with Crippen molar-refractivity contribution in [3.8, 4) is 6.07 Å². The number of carbonyl (C=O) groups excluding carboxylic acids is 1. The summed E-state index contributed by atoms with van der Waals surface area (Å²) in [6.45, 7) is 2.66. The van der Waals surface area contributed by atoms with Crippen LogP contribution < -0.4 is 0 Å². The van der Waals surface area contributed by atoms with E-state index in [0.29, 0.717) is 6.42 Å². The smallest absolute Gasteiger partial charge is 0.223 e. The molecule has 1 amide bonds. The predicted octanol–water partition coefficient (Wildman–Crippen LogP) is 1.19. The number of nitrogens with zero attached hydrogens (tertiary/aromatic N) is 3. The maximum Gasteiger partial charge on any atom is 0.223 e. The number of hydrogen-bond acceptors (Lipinski definition) is 4. The molecule has 1 aliphatic heterocycles. The van der Waals surface area contributed by atoms with Crippen LogP contribution in [0, 0.1) is 11.3 Å². The van der Waals surface area contributed by atoms with Crippen LogP contribution in [-0.2, 0) is 4.79 Å². The Morgan fingerprint density at radius 2 is 2.06 bits per heavy atom. The molecule has 0 bridgehead atoms. The molecule has 1 rings (SSSR count). The first-order valence-corrected chi connectivity index (χ1v) is 7.14. The molecule has 0 spiro atoms. The fourth-order valence-corrected chi connectivity index (χ4v) is 2.66. The molecule has 0 aromatic rings. The van der Waals surface area contributed by atoms with Crippen LogP contribution in [0.25, 0.3) is 0 Å². The van der Waals surface area contributed by atoms with E-state index in [2.05, 4.69) is 11.0 Å². The van der Waals surface area contributed by atoms with E-state index in [4.69, 9.17) is 5.26 Å². The lowest BCUT2D eigenvalue weighted by atomic mass is 9.97. The molecular formula is C12H21N3OS. The Bertz CT molecular complexity index is 303. The molecule has 0 radical (unpaired) electrons. The Morgan fingerprint density at radius 1 is 1.47 bits per heavy atom. The van der Waals surface area contributed by atoms with Gasteiger partial charge in [0.15, 0.2) is 0 Å².